The van der Waals surface area contributed by atoms with Gasteiger partial charge in [-0.15, -0.1) is 0 Å². The molecule has 0 aliphatic carbocycles. The highest BCUT2D eigenvalue weighted by Gasteiger charge is 2.29. The average molecular weight is 317 g/mol. The fourth-order valence-electron chi connectivity index (χ4n) is 3.86. The number of hydrogen-bond donors (Lipinski definition) is 0. The van der Waals surface area contributed by atoms with E-state index in [1.165, 1.54) is 57.8 Å². The summed E-state index contributed by atoms with van der Waals surface area (Å²) in [6.07, 6.45) is 1.32. The summed E-state index contributed by atoms with van der Waals surface area (Å²) in [5.41, 5.74) is 1.37. The van der Waals surface area contributed by atoms with Crippen LogP contribution in [-0.4, -0.2) is 73.2 Å². The second-order valence-electron chi connectivity index (χ2n) is 6.73. The highest BCUT2D eigenvalue weighted by atomic mass is 16.5. The monoisotopic (exact) mass is 317 g/mol. The summed E-state index contributed by atoms with van der Waals surface area (Å²) in [7, 11) is 0. The molecule has 128 valence electrons. The molecule has 4 heteroatoms. The molecule has 1 atom stereocenters. The van der Waals surface area contributed by atoms with E-state index in [1.54, 1.807) is 0 Å². The number of nitrogens with zero attached hydrogens (tertiary/aromatic N) is 3. The number of likely N-dealkylation sites (N-methyl/N-ethyl adjacent to an activating group) is 1. The van der Waals surface area contributed by atoms with Gasteiger partial charge in [-0.25, -0.2) is 0 Å². The summed E-state index contributed by atoms with van der Waals surface area (Å²) in [4.78, 5) is 7.87. The van der Waals surface area contributed by atoms with E-state index in [0.29, 0.717) is 0 Å². The maximum absolute atomic E-state index is 5.62. The maximum atomic E-state index is 5.62. The molecule has 0 spiro atoms. The number of benzene rings is 1. The first-order chi connectivity index (χ1) is 11.3. The van der Waals surface area contributed by atoms with E-state index in [2.05, 4.69) is 39.8 Å². The third-order valence-corrected chi connectivity index (χ3v) is 5.23. The van der Waals surface area contributed by atoms with Gasteiger partial charge in [0.15, 0.2) is 0 Å². The molecule has 0 amide bonds. The normalized spacial score (nSPS) is 24.2. The van der Waals surface area contributed by atoms with Gasteiger partial charge in [-0.05, 0) is 37.6 Å². The first-order valence-electron chi connectivity index (χ1n) is 9.19. The standard InChI is InChI=1S/C19H31N3O/c1-3-20-10-12-22(13-11-20)18-8-9-21(16-18)15-17-6-5-7-19(14-17)23-4-2/h5-7,14,18H,3-4,8-13,15-16H2,1-2H3/t18-/m1/s1. The number of hydrogen-bond acceptors (Lipinski definition) is 4. The maximum Gasteiger partial charge on any atom is 0.119 e. The van der Waals surface area contributed by atoms with Gasteiger partial charge >= 0.3 is 0 Å². The topological polar surface area (TPSA) is 19.0 Å². The van der Waals surface area contributed by atoms with Gasteiger partial charge in [0, 0.05) is 51.9 Å². The molecule has 0 aromatic heterocycles. The quantitative estimate of drug-likeness (QED) is 0.801. The Labute approximate surface area is 141 Å². The molecule has 2 aliphatic rings. The Bertz CT molecular complexity index is 485. The minimum absolute atomic E-state index is 0.735. The molecule has 2 saturated heterocycles. The number of ether oxygens (including phenoxy) is 1. The Balaban J connectivity index is 1.49. The number of rotatable bonds is 6. The summed E-state index contributed by atoms with van der Waals surface area (Å²) in [6, 6.07) is 9.32. The Morgan fingerprint density at radius 1 is 1.04 bits per heavy atom. The van der Waals surface area contributed by atoms with E-state index in [9.17, 15) is 0 Å². The van der Waals surface area contributed by atoms with Crippen molar-refractivity contribution in [2.75, 3.05) is 52.4 Å². The molecule has 2 heterocycles. The van der Waals surface area contributed by atoms with Crippen LogP contribution in [0.5, 0.6) is 5.75 Å². The minimum Gasteiger partial charge on any atom is -0.494 e. The van der Waals surface area contributed by atoms with E-state index >= 15 is 0 Å². The molecule has 3 rings (SSSR count). The van der Waals surface area contributed by atoms with Gasteiger partial charge < -0.3 is 9.64 Å². The summed E-state index contributed by atoms with van der Waals surface area (Å²) < 4.78 is 5.62. The molecule has 1 aromatic rings. The van der Waals surface area contributed by atoms with Crippen LogP contribution >= 0.6 is 0 Å². The summed E-state index contributed by atoms with van der Waals surface area (Å²) >= 11 is 0. The van der Waals surface area contributed by atoms with Crippen LogP contribution in [0.2, 0.25) is 0 Å². The second kappa shape index (κ2) is 8.13. The molecular weight excluding hydrogens is 286 g/mol. The van der Waals surface area contributed by atoms with Gasteiger partial charge in [0.25, 0.3) is 0 Å². The van der Waals surface area contributed by atoms with Crippen molar-refractivity contribution < 1.29 is 4.74 Å². The zero-order chi connectivity index (χ0) is 16.1. The Morgan fingerprint density at radius 3 is 2.61 bits per heavy atom. The third-order valence-electron chi connectivity index (χ3n) is 5.23. The first-order valence-corrected chi connectivity index (χ1v) is 9.19. The Morgan fingerprint density at radius 2 is 1.87 bits per heavy atom. The van der Waals surface area contributed by atoms with Crippen LogP contribution in [0.3, 0.4) is 0 Å². The third kappa shape index (κ3) is 4.46. The van der Waals surface area contributed by atoms with Crippen molar-refractivity contribution in [3.63, 3.8) is 0 Å². The molecular formula is C19H31N3O. The lowest BCUT2D eigenvalue weighted by molar-refractivity contribution is 0.101. The van der Waals surface area contributed by atoms with E-state index in [1.807, 2.05) is 13.0 Å². The summed E-state index contributed by atoms with van der Waals surface area (Å²) in [5, 5.41) is 0. The minimum atomic E-state index is 0.735. The van der Waals surface area contributed by atoms with Gasteiger partial charge in [0.1, 0.15) is 5.75 Å². The molecule has 2 fully saturated rings. The summed E-state index contributed by atoms with van der Waals surface area (Å²) in [6.45, 7) is 14.7. The van der Waals surface area contributed by atoms with Crippen LogP contribution in [-0.2, 0) is 6.54 Å². The van der Waals surface area contributed by atoms with Gasteiger partial charge in [0.2, 0.25) is 0 Å². The van der Waals surface area contributed by atoms with Crippen LogP contribution in [0, 0.1) is 0 Å². The number of piperazine rings is 1. The fourth-order valence-corrected chi connectivity index (χ4v) is 3.86. The molecule has 1 aromatic carbocycles. The Kier molecular flexibility index (Phi) is 5.92. The SMILES string of the molecule is CCOc1cccc(CN2CC[C@@H](N3CCN(CC)CC3)C2)c1. The fraction of sp³-hybridized carbons (Fsp3) is 0.684. The van der Waals surface area contributed by atoms with Crippen molar-refractivity contribution >= 4 is 0 Å². The first kappa shape index (κ1) is 16.7. The van der Waals surface area contributed by atoms with Crippen LogP contribution in [0.4, 0.5) is 0 Å². The average Bonchev–Trinajstić information content (AvgIpc) is 3.04. The van der Waals surface area contributed by atoms with Gasteiger partial charge in [-0.2, -0.15) is 0 Å². The summed E-state index contributed by atoms with van der Waals surface area (Å²) in [5.74, 6) is 0.997. The predicted molar refractivity (Wildman–Crippen MR) is 95.0 cm³/mol. The van der Waals surface area contributed by atoms with Crippen molar-refractivity contribution in [3.8, 4) is 5.75 Å². The van der Waals surface area contributed by atoms with Crippen molar-refractivity contribution in [1.82, 2.24) is 14.7 Å². The van der Waals surface area contributed by atoms with Gasteiger partial charge in [-0.1, -0.05) is 19.1 Å². The smallest absolute Gasteiger partial charge is 0.119 e. The van der Waals surface area contributed by atoms with Crippen LogP contribution < -0.4 is 4.74 Å². The van der Waals surface area contributed by atoms with Crippen LogP contribution in [0.15, 0.2) is 24.3 Å². The number of likely N-dealkylation sites (tertiary alicyclic amines) is 1. The van der Waals surface area contributed by atoms with Gasteiger partial charge in [-0.3, -0.25) is 9.80 Å². The van der Waals surface area contributed by atoms with Crippen molar-refractivity contribution in [3.05, 3.63) is 29.8 Å². The molecule has 0 bridgehead atoms. The van der Waals surface area contributed by atoms with E-state index in [0.717, 1.165) is 24.9 Å². The van der Waals surface area contributed by atoms with Crippen molar-refractivity contribution in [1.29, 1.82) is 0 Å². The zero-order valence-corrected chi connectivity index (χ0v) is 14.7. The largest absolute Gasteiger partial charge is 0.494 e. The van der Waals surface area contributed by atoms with E-state index in [4.69, 9.17) is 4.74 Å². The molecule has 0 saturated carbocycles. The molecule has 0 N–H and O–H groups in total. The van der Waals surface area contributed by atoms with Crippen molar-refractivity contribution in [2.45, 2.75) is 32.9 Å². The highest BCUT2D eigenvalue weighted by molar-refractivity contribution is 5.28. The van der Waals surface area contributed by atoms with Crippen LogP contribution in [0.25, 0.3) is 0 Å². The molecule has 23 heavy (non-hydrogen) atoms. The lowest BCUT2D eigenvalue weighted by Crippen LogP contribution is -2.50. The predicted octanol–water partition coefficient (Wildman–Crippen LogP) is 2.30. The van der Waals surface area contributed by atoms with E-state index in [-0.39, 0.29) is 0 Å². The van der Waals surface area contributed by atoms with Gasteiger partial charge in [0.05, 0.1) is 6.61 Å². The molecule has 4 nitrogen and oxygen atoms in total. The molecule has 2 aliphatic heterocycles. The van der Waals surface area contributed by atoms with E-state index < -0.39 is 0 Å². The van der Waals surface area contributed by atoms with Crippen molar-refractivity contribution in [2.24, 2.45) is 0 Å². The molecule has 0 unspecified atom stereocenters. The molecule has 0 radical (unpaired) electrons. The lowest BCUT2D eigenvalue weighted by atomic mass is 10.2. The lowest BCUT2D eigenvalue weighted by Gasteiger charge is -2.37. The Hall–Kier alpha value is -1.10. The zero-order valence-electron chi connectivity index (χ0n) is 14.7. The highest BCUT2D eigenvalue weighted by Crippen LogP contribution is 2.21. The second-order valence-corrected chi connectivity index (χ2v) is 6.73. The van der Waals surface area contributed by atoms with Crippen LogP contribution in [0.1, 0.15) is 25.8 Å².